The van der Waals surface area contributed by atoms with Crippen molar-refractivity contribution in [3.05, 3.63) is 52.6 Å². The molecule has 0 unspecified atom stereocenters. The zero-order chi connectivity index (χ0) is 23.7. The van der Waals surface area contributed by atoms with E-state index in [4.69, 9.17) is 9.47 Å². The third-order valence-electron chi connectivity index (χ3n) is 4.00. The number of anilines is 2. The number of hydrogen-bond acceptors (Lipinski definition) is 8. The van der Waals surface area contributed by atoms with Crippen LogP contribution in [0.15, 0.2) is 47.6 Å². The van der Waals surface area contributed by atoms with Crippen molar-refractivity contribution < 1.29 is 28.8 Å². The molecule has 2 rings (SSSR count). The number of nitro benzene ring substituents is 1. The van der Waals surface area contributed by atoms with Crippen molar-refractivity contribution in [2.75, 3.05) is 24.9 Å². The maximum Gasteiger partial charge on any atom is 0.329 e. The molecular weight excluding hydrogens is 422 g/mol. The standard InChI is InChI=1S/C20H21N5O7/c1-12(10-18(26)21-14-6-4-5-7-16(14)25(29)30)23-24-20(28)19(27)22-15-11-13(31-2)8-9-17(15)32-3/h4-9,11H,10H2,1-3H3,(H,21,26)(H,22,27)(H,24,28)/b23-12+. The Labute approximate surface area is 182 Å². The number of nitrogens with one attached hydrogen (secondary N) is 3. The van der Waals surface area contributed by atoms with Crippen LogP contribution in [0.3, 0.4) is 0 Å². The van der Waals surface area contributed by atoms with Gasteiger partial charge in [-0.25, -0.2) is 5.43 Å². The van der Waals surface area contributed by atoms with Gasteiger partial charge in [0.2, 0.25) is 5.91 Å². The van der Waals surface area contributed by atoms with Crippen molar-refractivity contribution in [2.24, 2.45) is 5.10 Å². The Bertz CT molecular complexity index is 1070. The van der Waals surface area contributed by atoms with E-state index in [1.54, 1.807) is 18.2 Å². The van der Waals surface area contributed by atoms with Gasteiger partial charge in [0.25, 0.3) is 5.69 Å². The van der Waals surface area contributed by atoms with Gasteiger partial charge in [0, 0.05) is 17.8 Å². The van der Waals surface area contributed by atoms with E-state index in [2.05, 4.69) is 15.7 Å². The number of benzene rings is 2. The van der Waals surface area contributed by atoms with Crippen LogP contribution in [0, 0.1) is 10.1 Å². The Morgan fingerprint density at radius 1 is 1.00 bits per heavy atom. The topological polar surface area (TPSA) is 161 Å². The third-order valence-corrected chi connectivity index (χ3v) is 4.00. The van der Waals surface area contributed by atoms with Gasteiger partial charge >= 0.3 is 11.8 Å². The molecule has 3 amide bonds. The number of amides is 3. The molecule has 2 aromatic rings. The molecule has 0 radical (unpaired) electrons. The minimum Gasteiger partial charge on any atom is -0.497 e. The highest BCUT2D eigenvalue weighted by atomic mass is 16.6. The summed E-state index contributed by atoms with van der Waals surface area (Å²) in [6.07, 6.45) is -0.266. The highest BCUT2D eigenvalue weighted by Crippen LogP contribution is 2.28. The maximum absolute atomic E-state index is 12.1. The lowest BCUT2D eigenvalue weighted by molar-refractivity contribution is -0.383. The number of carbonyl (C=O) groups excluding carboxylic acids is 3. The summed E-state index contributed by atoms with van der Waals surface area (Å²) in [5.41, 5.74) is 2.21. The fourth-order valence-corrected chi connectivity index (χ4v) is 2.49. The van der Waals surface area contributed by atoms with E-state index in [1.807, 2.05) is 5.43 Å². The van der Waals surface area contributed by atoms with E-state index in [9.17, 15) is 24.5 Å². The van der Waals surface area contributed by atoms with E-state index >= 15 is 0 Å². The summed E-state index contributed by atoms with van der Waals surface area (Å²) in [6, 6.07) is 10.3. The number of nitrogens with zero attached hydrogens (tertiary/aromatic N) is 2. The summed E-state index contributed by atoms with van der Waals surface area (Å²) >= 11 is 0. The van der Waals surface area contributed by atoms with Crippen LogP contribution < -0.4 is 25.5 Å². The normalized spacial score (nSPS) is 10.7. The first kappa shape index (κ1) is 23.8. The van der Waals surface area contributed by atoms with Gasteiger partial charge in [-0.1, -0.05) is 12.1 Å². The summed E-state index contributed by atoms with van der Waals surface area (Å²) in [6.45, 7) is 1.45. The van der Waals surface area contributed by atoms with Gasteiger partial charge in [-0.3, -0.25) is 24.5 Å². The number of ether oxygens (including phenoxy) is 2. The molecule has 0 aliphatic carbocycles. The van der Waals surface area contributed by atoms with Gasteiger partial charge in [-0.2, -0.15) is 5.10 Å². The molecule has 0 heterocycles. The van der Waals surface area contributed by atoms with Gasteiger partial charge < -0.3 is 20.1 Å². The number of hydrogen-bond donors (Lipinski definition) is 3. The highest BCUT2D eigenvalue weighted by Gasteiger charge is 2.17. The zero-order valence-corrected chi connectivity index (χ0v) is 17.5. The third kappa shape index (κ3) is 6.52. The molecule has 0 spiro atoms. The number of para-hydroxylation sites is 2. The SMILES string of the molecule is COc1ccc(OC)c(NC(=O)C(=O)N/N=C(\C)CC(=O)Nc2ccccc2[N+](=O)[O-])c1. The van der Waals surface area contributed by atoms with Crippen molar-refractivity contribution in [1.82, 2.24) is 5.43 Å². The first-order valence-corrected chi connectivity index (χ1v) is 9.15. The minimum atomic E-state index is -1.08. The van der Waals surface area contributed by atoms with Gasteiger partial charge in [-0.15, -0.1) is 0 Å². The van der Waals surface area contributed by atoms with Crippen LogP contribution >= 0.6 is 0 Å². The van der Waals surface area contributed by atoms with Crippen molar-refractivity contribution in [1.29, 1.82) is 0 Å². The maximum atomic E-state index is 12.1. The summed E-state index contributed by atoms with van der Waals surface area (Å²) in [5.74, 6) is -1.91. The van der Waals surface area contributed by atoms with Crippen LogP contribution in [-0.4, -0.2) is 42.6 Å². The molecule has 0 aliphatic rings. The fourth-order valence-electron chi connectivity index (χ4n) is 2.49. The van der Waals surface area contributed by atoms with Crippen LogP contribution in [0.2, 0.25) is 0 Å². The lowest BCUT2D eigenvalue weighted by atomic mass is 10.2. The van der Waals surface area contributed by atoms with Gasteiger partial charge in [-0.05, 0) is 25.1 Å². The average Bonchev–Trinajstić information content (AvgIpc) is 2.77. The van der Waals surface area contributed by atoms with Crippen molar-refractivity contribution in [2.45, 2.75) is 13.3 Å². The molecule has 32 heavy (non-hydrogen) atoms. The second-order valence-electron chi connectivity index (χ2n) is 6.31. The molecule has 0 bridgehead atoms. The quantitative estimate of drug-likeness (QED) is 0.243. The number of rotatable bonds is 8. The first-order chi connectivity index (χ1) is 15.2. The lowest BCUT2D eigenvalue weighted by Crippen LogP contribution is -2.33. The van der Waals surface area contributed by atoms with Crippen LogP contribution in [0.4, 0.5) is 17.1 Å². The summed E-state index contributed by atoms with van der Waals surface area (Å²) < 4.78 is 10.2. The van der Waals surface area contributed by atoms with E-state index in [1.165, 1.54) is 45.4 Å². The zero-order valence-electron chi connectivity index (χ0n) is 17.5. The molecular formula is C20H21N5O7. The van der Waals surface area contributed by atoms with E-state index in [0.717, 1.165) is 0 Å². The Morgan fingerprint density at radius 3 is 2.38 bits per heavy atom. The van der Waals surface area contributed by atoms with Crippen molar-refractivity contribution >= 4 is 40.5 Å². The molecule has 0 aromatic heterocycles. The van der Waals surface area contributed by atoms with Crippen molar-refractivity contribution in [3.8, 4) is 11.5 Å². The van der Waals surface area contributed by atoms with Crippen LogP contribution in [0.25, 0.3) is 0 Å². The summed E-state index contributed by atoms with van der Waals surface area (Å²) in [4.78, 5) is 46.7. The Balaban J connectivity index is 1.95. The highest BCUT2D eigenvalue weighted by molar-refractivity contribution is 6.39. The number of nitro groups is 1. The Morgan fingerprint density at radius 2 is 1.72 bits per heavy atom. The monoisotopic (exact) mass is 443 g/mol. The second-order valence-corrected chi connectivity index (χ2v) is 6.31. The van der Waals surface area contributed by atoms with E-state index in [-0.39, 0.29) is 29.2 Å². The molecule has 0 fully saturated rings. The Kier molecular flexibility index (Phi) is 8.22. The molecule has 168 valence electrons. The molecule has 12 nitrogen and oxygen atoms in total. The smallest absolute Gasteiger partial charge is 0.329 e. The van der Waals surface area contributed by atoms with Gasteiger partial charge in [0.1, 0.15) is 17.2 Å². The van der Waals surface area contributed by atoms with Crippen LogP contribution in [-0.2, 0) is 14.4 Å². The van der Waals surface area contributed by atoms with Gasteiger partial charge in [0.15, 0.2) is 0 Å². The second kappa shape index (κ2) is 11.1. The fraction of sp³-hybridized carbons (Fsp3) is 0.200. The first-order valence-electron chi connectivity index (χ1n) is 9.15. The molecule has 0 saturated heterocycles. The lowest BCUT2D eigenvalue weighted by Gasteiger charge is -2.11. The van der Waals surface area contributed by atoms with E-state index in [0.29, 0.717) is 11.5 Å². The molecule has 0 atom stereocenters. The molecule has 2 aromatic carbocycles. The van der Waals surface area contributed by atoms with Crippen LogP contribution in [0.5, 0.6) is 11.5 Å². The average molecular weight is 443 g/mol. The summed E-state index contributed by atoms with van der Waals surface area (Å²) in [7, 11) is 2.85. The van der Waals surface area contributed by atoms with Gasteiger partial charge in [0.05, 0.1) is 31.3 Å². The molecule has 3 N–H and O–H groups in total. The Hall–Kier alpha value is -4.48. The molecule has 0 saturated carbocycles. The summed E-state index contributed by atoms with van der Waals surface area (Å²) in [5, 5.41) is 19.5. The number of hydrazone groups is 1. The molecule has 0 aliphatic heterocycles. The van der Waals surface area contributed by atoms with Crippen LogP contribution in [0.1, 0.15) is 13.3 Å². The molecule has 12 heteroatoms. The largest absolute Gasteiger partial charge is 0.497 e. The predicted octanol–water partition coefficient (Wildman–Crippen LogP) is 2.07. The van der Waals surface area contributed by atoms with Crippen molar-refractivity contribution in [3.63, 3.8) is 0 Å². The number of methoxy groups -OCH3 is 2. The minimum absolute atomic E-state index is 0.0333. The van der Waals surface area contributed by atoms with E-state index < -0.39 is 22.6 Å². The predicted molar refractivity (Wildman–Crippen MR) is 116 cm³/mol. The number of carbonyl (C=O) groups is 3.